The van der Waals surface area contributed by atoms with Gasteiger partial charge in [0.15, 0.2) is 0 Å². The molecule has 0 fully saturated rings. The molecule has 3 heterocycles. The number of fused-ring (bicyclic) bond motifs is 2. The number of hydrogen-bond donors (Lipinski definition) is 3. The van der Waals surface area contributed by atoms with E-state index in [2.05, 4.69) is 30.9 Å². The Bertz CT molecular complexity index is 1420. The largest absolute Gasteiger partial charge is 0.474 e. The quantitative estimate of drug-likeness (QED) is 0.392. The van der Waals surface area contributed by atoms with E-state index in [1.165, 1.54) is 6.07 Å². The van der Waals surface area contributed by atoms with E-state index in [-0.39, 0.29) is 17.6 Å². The molecule has 1 amide bonds. The van der Waals surface area contributed by atoms with Crippen LogP contribution in [0.1, 0.15) is 24.0 Å². The Balaban J connectivity index is 1.45. The van der Waals surface area contributed by atoms with Crippen LogP contribution >= 0.6 is 0 Å². The average Bonchev–Trinajstić information content (AvgIpc) is 2.88. The van der Waals surface area contributed by atoms with Gasteiger partial charge >= 0.3 is 0 Å². The third kappa shape index (κ3) is 4.32. The molecule has 2 aromatic carbocycles. The number of hydrogen-bond acceptors (Lipinski definition) is 7. The zero-order valence-corrected chi connectivity index (χ0v) is 19.6. The van der Waals surface area contributed by atoms with Crippen molar-refractivity contribution in [1.29, 1.82) is 0 Å². The van der Waals surface area contributed by atoms with Crippen molar-refractivity contribution in [2.45, 2.75) is 19.8 Å². The van der Waals surface area contributed by atoms with Crippen molar-refractivity contribution < 1.29 is 13.9 Å². The molecule has 1 aliphatic rings. The van der Waals surface area contributed by atoms with Crippen molar-refractivity contribution >= 4 is 34.1 Å². The van der Waals surface area contributed by atoms with Gasteiger partial charge in [-0.25, -0.2) is 19.3 Å². The van der Waals surface area contributed by atoms with Crippen LogP contribution in [-0.4, -0.2) is 41.1 Å². The molecule has 1 atom stereocenters. The predicted octanol–water partition coefficient (Wildman–Crippen LogP) is 4.54. The highest BCUT2D eigenvalue weighted by Crippen LogP contribution is 2.37. The van der Waals surface area contributed by atoms with Crippen molar-refractivity contribution in [2.75, 3.05) is 30.8 Å². The zero-order chi connectivity index (χ0) is 24.5. The fourth-order valence-corrected chi connectivity index (χ4v) is 4.16. The highest BCUT2D eigenvalue weighted by atomic mass is 19.1. The van der Waals surface area contributed by atoms with Crippen LogP contribution in [0.5, 0.6) is 5.88 Å². The summed E-state index contributed by atoms with van der Waals surface area (Å²) in [5.74, 6) is 0.256. The van der Waals surface area contributed by atoms with Gasteiger partial charge in [-0.15, -0.1) is 0 Å². The van der Waals surface area contributed by atoms with E-state index in [1.807, 2.05) is 38.1 Å². The summed E-state index contributed by atoms with van der Waals surface area (Å²) < 4.78 is 20.7. The van der Waals surface area contributed by atoms with Crippen molar-refractivity contribution in [1.82, 2.24) is 20.3 Å². The summed E-state index contributed by atoms with van der Waals surface area (Å²) in [6.45, 7) is 4.99. The molecule has 8 nitrogen and oxygen atoms in total. The molecule has 178 valence electrons. The number of halogens is 1. The van der Waals surface area contributed by atoms with E-state index in [1.54, 1.807) is 25.5 Å². The number of amides is 1. The molecule has 0 radical (unpaired) electrons. The van der Waals surface area contributed by atoms with Crippen LogP contribution in [0.4, 0.5) is 21.7 Å². The van der Waals surface area contributed by atoms with Gasteiger partial charge in [0.1, 0.15) is 18.1 Å². The first-order valence-corrected chi connectivity index (χ1v) is 11.4. The molecule has 35 heavy (non-hydrogen) atoms. The maximum atomic E-state index is 15.1. The first kappa shape index (κ1) is 22.5. The SMILES string of the molecule is CNC(=O)[C@H](C)c1ccc(Nc2ncc3cc(F)c(-c4cnc5c(c4C)NCCO5)cc3n2)cc1. The Labute approximate surface area is 202 Å². The van der Waals surface area contributed by atoms with Crippen molar-refractivity contribution in [3.8, 4) is 17.0 Å². The Kier molecular flexibility index (Phi) is 5.90. The minimum Gasteiger partial charge on any atom is -0.474 e. The minimum atomic E-state index is -0.371. The lowest BCUT2D eigenvalue weighted by Crippen LogP contribution is -2.23. The molecular weight excluding hydrogens is 447 g/mol. The number of nitrogens with one attached hydrogen (secondary N) is 3. The van der Waals surface area contributed by atoms with Gasteiger partial charge in [-0.1, -0.05) is 12.1 Å². The second-order valence-electron chi connectivity index (χ2n) is 8.42. The molecule has 4 aromatic rings. The van der Waals surface area contributed by atoms with Crippen LogP contribution < -0.4 is 20.7 Å². The van der Waals surface area contributed by atoms with Crippen molar-refractivity contribution in [3.63, 3.8) is 0 Å². The number of nitrogens with zero attached hydrogens (tertiary/aromatic N) is 3. The lowest BCUT2D eigenvalue weighted by Gasteiger charge is -2.21. The maximum absolute atomic E-state index is 15.1. The number of anilines is 3. The van der Waals surface area contributed by atoms with E-state index < -0.39 is 0 Å². The number of aromatic nitrogens is 3. The molecule has 5 rings (SSSR count). The van der Waals surface area contributed by atoms with Gasteiger partial charge in [0, 0.05) is 48.2 Å². The molecule has 0 aliphatic carbocycles. The highest BCUT2D eigenvalue weighted by Gasteiger charge is 2.19. The molecule has 0 bridgehead atoms. The molecule has 9 heteroatoms. The fraction of sp³-hybridized carbons (Fsp3) is 0.231. The van der Waals surface area contributed by atoms with Gasteiger partial charge in [0.25, 0.3) is 0 Å². The standard InChI is InChI=1S/C26H25FN6O2/c1-14(24(34)28-3)16-4-6-18(7-5-16)32-26-31-12-17-10-21(27)19(11-22(17)33-26)20-13-30-25-23(15(20)2)29-8-9-35-25/h4-7,10-14,29H,8-9H2,1-3H3,(H,28,34)(H,31,32,33)/t14-/m1/s1. The smallest absolute Gasteiger partial charge is 0.237 e. The van der Waals surface area contributed by atoms with Gasteiger partial charge in [-0.05, 0) is 49.2 Å². The van der Waals surface area contributed by atoms with Gasteiger partial charge in [-0.2, -0.15) is 0 Å². The number of carbonyl (C=O) groups is 1. The zero-order valence-electron chi connectivity index (χ0n) is 19.6. The molecule has 0 spiro atoms. The van der Waals surface area contributed by atoms with Crippen LogP contribution in [0, 0.1) is 12.7 Å². The Morgan fingerprint density at radius 1 is 1.14 bits per heavy atom. The van der Waals surface area contributed by atoms with E-state index in [0.717, 1.165) is 22.5 Å². The maximum Gasteiger partial charge on any atom is 0.237 e. The Morgan fingerprint density at radius 2 is 1.94 bits per heavy atom. The minimum absolute atomic E-state index is 0.0423. The number of likely N-dealkylation sites (N-methyl/N-ethyl adjacent to an activating group) is 1. The summed E-state index contributed by atoms with van der Waals surface area (Å²) in [7, 11) is 1.62. The summed E-state index contributed by atoms with van der Waals surface area (Å²) >= 11 is 0. The van der Waals surface area contributed by atoms with E-state index in [0.29, 0.717) is 47.0 Å². The van der Waals surface area contributed by atoms with Crippen molar-refractivity contribution in [2.24, 2.45) is 0 Å². The van der Waals surface area contributed by atoms with Crippen LogP contribution in [0.15, 0.2) is 48.8 Å². The summed E-state index contributed by atoms with van der Waals surface area (Å²) in [5.41, 5.74) is 5.03. The normalized spacial score (nSPS) is 13.4. The topological polar surface area (TPSA) is 101 Å². The number of pyridine rings is 1. The average molecular weight is 473 g/mol. The van der Waals surface area contributed by atoms with Crippen LogP contribution in [0.25, 0.3) is 22.0 Å². The Morgan fingerprint density at radius 3 is 2.71 bits per heavy atom. The third-order valence-corrected chi connectivity index (χ3v) is 6.21. The summed E-state index contributed by atoms with van der Waals surface area (Å²) in [6.07, 6.45) is 3.22. The first-order valence-electron chi connectivity index (χ1n) is 11.4. The molecule has 1 aliphatic heterocycles. The third-order valence-electron chi connectivity index (χ3n) is 6.21. The number of benzene rings is 2. The predicted molar refractivity (Wildman–Crippen MR) is 134 cm³/mol. The molecule has 3 N–H and O–H groups in total. The van der Waals surface area contributed by atoms with Crippen molar-refractivity contribution in [3.05, 3.63) is 65.7 Å². The van der Waals surface area contributed by atoms with Gasteiger partial charge in [-0.3, -0.25) is 4.79 Å². The van der Waals surface area contributed by atoms with Gasteiger partial charge in [0.05, 0.1) is 11.4 Å². The molecular formula is C26H25FN6O2. The van der Waals surface area contributed by atoms with Gasteiger partial charge < -0.3 is 20.7 Å². The van der Waals surface area contributed by atoms with Gasteiger partial charge in [0.2, 0.25) is 17.7 Å². The number of ether oxygens (including phenoxy) is 1. The fourth-order valence-electron chi connectivity index (χ4n) is 4.16. The second-order valence-corrected chi connectivity index (χ2v) is 8.42. The monoisotopic (exact) mass is 472 g/mol. The number of carbonyl (C=O) groups excluding carboxylic acids is 1. The van der Waals surface area contributed by atoms with Crippen LogP contribution in [0.3, 0.4) is 0 Å². The Hall–Kier alpha value is -4.27. The molecule has 2 aromatic heterocycles. The first-order chi connectivity index (χ1) is 16.9. The van der Waals surface area contributed by atoms with Crippen LogP contribution in [0.2, 0.25) is 0 Å². The van der Waals surface area contributed by atoms with E-state index >= 15 is 4.39 Å². The highest BCUT2D eigenvalue weighted by molar-refractivity contribution is 5.87. The van der Waals surface area contributed by atoms with E-state index in [4.69, 9.17) is 4.74 Å². The summed E-state index contributed by atoms with van der Waals surface area (Å²) in [6, 6.07) is 10.7. The summed E-state index contributed by atoms with van der Waals surface area (Å²) in [4.78, 5) is 25.2. The second kappa shape index (κ2) is 9.17. The van der Waals surface area contributed by atoms with E-state index in [9.17, 15) is 4.79 Å². The number of rotatable bonds is 5. The molecule has 0 unspecified atom stereocenters. The lowest BCUT2D eigenvalue weighted by atomic mass is 9.99. The molecule has 0 saturated heterocycles. The van der Waals surface area contributed by atoms with Crippen LogP contribution in [-0.2, 0) is 4.79 Å². The molecule has 0 saturated carbocycles. The lowest BCUT2D eigenvalue weighted by molar-refractivity contribution is -0.121. The summed E-state index contributed by atoms with van der Waals surface area (Å²) in [5, 5.41) is 9.72.